The predicted molar refractivity (Wildman–Crippen MR) is 73.6 cm³/mol. The summed E-state index contributed by atoms with van der Waals surface area (Å²) in [7, 11) is 0. The average Bonchev–Trinajstić information content (AvgIpc) is 2.43. The van der Waals surface area contributed by atoms with Crippen LogP contribution >= 0.6 is 0 Å². The van der Waals surface area contributed by atoms with Crippen molar-refractivity contribution >= 4 is 11.9 Å². The summed E-state index contributed by atoms with van der Waals surface area (Å²) in [5.41, 5.74) is 5.24. The van der Waals surface area contributed by atoms with Gasteiger partial charge in [-0.3, -0.25) is 4.79 Å². The van der Waals surface area contributed by atoms with Gasteiger partial charge in [0.2, 0.25) is 5.91 Å². The molecule has 5 nitrogen and oxygen atoms in total. The first-order valence-corrected chi connectivity index (χ1v) is 7.20. The Bertz CT molecular complexity index is 325. The van der Waals surface area contributed by atoms with Gasteiger partial charge in [-0.1, -0.05) is 39.5 Å². The van der Waals surface area contributed by atoms with Crippen LogP contribution in [0.4, 0.5) is 0 Å². The van der Waals surface area contributed by atoms with Crippen LogP contribution in [0.5, 0.6) is 0 Å². The molecule has 0 aromatic heterocycles. The molecular weight excluding hydrogens is 244 g/mol. The van der Waals surface area contributed by atoms with Crippen molar-refractivity contribution in [3.63, 3.8) is 0 Å². The van der Waals surface area contributed by atoms with Gasteiger partial charge in [0.25, 0.3) is 0 Å². The third-order valence-corrected chi connectivity index (χ3v) is 4.45. The van der Waals surface area contributed by atoms with E-state index in [1.165, 1.54) is 0 Å². The van der Waals surface area contributed by atoms with Crippen molar-refractivity contribution < 1.29 is 14.7 Å². The standard InChI is InChI=1S/C14H26N2O3/c1-3-10(2)11(12(17)18)16-13(19)14(9-15)7-5-4-6-8-14/h10-11H,3-9,15H2,1-2H3,(H,16,19)(H,17,18)/t10?,11-/m0/s1. The molecule has 1 aliphatic carbocycles. The van der Waals surface area contributed by atoms with E-state index in [0.717, 1.165) is 32.1 Å². The third kappa shape index (κ3) is 3.69. The number of carbonyl (C=O) groups excluding carboxylic acids is 1. The third-order valence-electron chi connectivity index (χ3n) is 4.45. The Balaban J connectivity index is 2.77. The number of nitrogens with two attached hydrogens (primary N) is 1. The van der Waals surface area contributed by atoms with Gasteiger partial charge in [0.05, 0.1) is 5.41 Å². The number of hydrogen-bond acceptors (Lipinski definition) is 3. The van der Waals surface area contributed by atoms with Crippen LogP contribution < -0.4 is 11.1 Å². The fourth-order valence-electron chi connectivity index (χ4n) is 2.73. The number of amides is 1. The second-order valence-electron chi connectivity index (χ2n) is 5.72. The maximum absolute atomic E-state index is 12.4. The molecule has 1 unspecified atom stereocenters. The fraction of sp³-hybridized carbons (Fsp3) is 0.857. The molecule has 0 heterocycles. The van der Waals surface area contributed by atoms with Gasteiger partial charge in [-0.05, 0) is 18.8 Å². The SMILES string of the molecule is CCC(C)[C@H](NC(=O)C1(CN)CCCCC1)C(=O)O. The van der Waals surface area contributed by atoms with Crippen LogP contribution in [0.25, 0.3) is 0 Å². The molecule has 110 valence electrons. The molecule has 5 heteroatoms. The number of carboxylic acids is 1. The van der Waals surface area contributed by atoms with E-state index in [2.05, 4.69) is 5.32 Å². The predicted octanol–water partition coefficient (Wildman–Crippen LogP) is 1.51. The van der Waals surface area contributed by atoms with E-state index < -0.39 is 17.4 Å². The zero-order chi connectivity index (χ0) is 14.5. The Kier molecular flexibility index (Phi) is 5.79. The second-order valence-corrected chi connectivity index (χ2v) is 5.72. The molecule has 1 amide bonds. The number of nitrogens with one attached hydrogen (secondary N) is 1. The molecule has 0 aromatic rings. The molecule has 1 saturated carbocycles. The summed E-state index contributed by atoms with van der Waals surface area (Å²) in [6, 6.07) is -0.817. The Hall–Kier alpha value is -1.10. The Morgan fingerprint density at radius 3 is 2.32 bits per heavy atom. The number of aliphatic carboxylic acids is 1. The van der Waals surface area contributed by atoms with E-state index >= 15 is 0 Å². The number of rotatable bonds is 6. The number of carboxylic acid groups (broad SMARTS) is 1. The molecule has 4 N–H and O–H groups in total. The summed E-state index contributed by atoms with van der Waals surface area (Å²) < 4.78 is 0. The molecule has 19 heavy (non-hydrogen) atoms. The van der Waals surface area contributed by atoms with Crippen molar-refractivity contribution in [3.8, 4) is 0 Å². The van der Waals surface area contributed by atoms with E-state index in [-0.39, 0.29) is 11.8 Å². The summed E-state index contributed by atoms with van der Waals surface area (Å²) in [5, 5.41) is 11.9. The first-order chi connectivity index (χ1) is 8.96. The molecule has 1 fully saturated rings. The minimum absolute atomic E-state index is 0.0835. The molecule has 0 radical (unpaired) electrons. The van der Waals surface area contributed by atoms with Crippen LogP contribution in [0.15, 0.2) is 0 Å². The number of carbonyl (C=O) groups is 2. The Morgan fingerprint density at radius 2 is 1.89 bits per heavy atom. The maximum atomic E-state index is 12.4. The zero-order valence-corrected chi connectivity index (χ0v) is 11.9. The lowest BCUT2D eigenvalue weighted by atomic mass is 9.73. The highest BCUT2D eigenvalue weighted by Crippen LogP contribution is 2.35. The fourth-order valence-corrected chi connectivity index (χ4v) is 2.73. The van der Waals surface area contributed by atoms with E-state index in [1.54, 1.807) is 0 Å². The molecule has 0 aromatic carbocycles. The van der Waals surface area contributed by atoms with E-state index in [4.69, 9.17) is 5.73 Å². The van der Waals surface area contributed by atoms with Gasteiger partial charge < -0.3 is 16.2 Å². The highest BCUT2D eigenvalue weighted by molar-refractivity contribution is 5.87. The van der Waals surface area contributed by atoms with Crippen molar-refractivity contribution in [1.82, 2.24) is 5.32 Å². The largest absolute Gasteiger partial charge is 0.480 e. The van der Waals surface area contributed by atoms with E-state index in [9.17, 15) is 14.7 Å². The maximum Gasteiger partial charge on any atom is 0.326 e. The van der Waals surface area contributed by atoms with Gasteiger partial charge in [0.15, 0.2) is 0 Å². The lowest BCUT2D eigenvalue weighted by Gasteiger charge is -2.36. The zero-order valence-electron chi connectivity index (χ0n) is 11.9. The van der Waals surface area contributed by atoms with E-state index in [0.29, 0.717) is 13.0 Å². The lowest BCUT2D eigenvalue weighted by Crippen LogP contribution is -2.53. The summed E-state index contributed by atoms with van der Waals surface area (Å²) in [6.45, 7) is 4.06. The van der Waals surface area contributed by atoms with Gasteiger partial charge in [-0.15, -0.1) is 0 Å². The molecule has 0 aliphatic heterocycles. The van der Waals surface area contributed by atoms with Crippen LogP contribution in [-0.4, -0.2) is 29.6 Å². The first kappa shape index (κ1) is 16.0. The second kappa shape index (κ2) is 6.89. The monoisotopic (exact) mass is 270 g/mol. The average molecular weight is 270 g/mol. The number of hydrogen-bond donors (Lipinski definition) is 3. The lowest BCUT2D eigenvalue weighted by molar-refractivity contribution is -0.146. The Morgan fingerprint density at radius 1 is 1.32 bits per heavy atom. The van der Waals surface area contributed by atoms with Crippen LogP contribution in [0.2, 0.25) is 0 Å². The molecule has 1 aliphatic rings. The Labute approximate surface area is 114 Å². The van der Waals surface area contributed by atoms with Crippen LogP contribution in [0, 0.1) is 11.3 Å². The summed E-state index contributed by atoms with van der Waals surface area (Å²) in [5.74, 6) is -1.23. The van der Waals surface area contributed by atoms with Crippen molar-refractivity contribution in [2.75, 3.05) is 6.54 Å². The molecule has 1 rings (SSSR count). The topological polar surface area (TPSA) is 92.4 Å². The van der Waals surface area contributed by atoms with Gasteiger partial charge >= 0.3 is 5.97 Å². The molecule has 0 bridgehead atoms. The van der Waals surface area contributed by atoms with Crippen LogP contribution in [-0.2, 0) is 9.59 Å². The van der Waals surface area contributed by atoms with E-state index in [1.807, 2.05) is 13.8 Å². The smallest absolute Gasteiger partial charge is 0.326 e. The van der Waals surface area contributed by atoms with Crippen LogP contribution in [0.3, 0.4) is 0 Å². The minimum atomic E-state index is -0.967. The van der Waals surface area contributed by atoms with Crippen molar-refractivity contribution in [3.05, 3.63) is 0 Å². The van der Waals surface area contributed by atoms with Gasteiger partial charge in [-0.2, -0.15) is 0 Å². The highest BCUT2D eigenvalue weighted by Gasteiger charge is 2.40. The quantitative estimate of drug-likeness (QED) is 0.682. The first-order valence-electron chi connectivity index (χ1n) is 7.20. The highest BCUT2D eigenvalue weighted by atomic mass is 16.4. The van der Waals surface area contributed by atoms with Crippen molar-refractivity contribution in [1.29, 1.82) is 0 Å². The normalized spacial score (nSPS) is 21.4. The van der Waals surface area contributed by atoms with Gasteiger partial charge in [0.1, 0.15) is 6.04 Å². The minimum Gasteiger partial charge on any atom is -0.480 e. The molecule has 2 atom stereocenters. The summed E-state index contributed by atoms with van der Waals surface area (Å²) in [4.78, 5) is 23.7. The van der Waals surface area contributed by atoms with Crippen molar-refractivity contribution in [2.24, 2.45) is 17.1 Å². The summed E-state index contributed by atoms with van der Waals surface area (Å²) >= 11 is 0. The van der Waals surface area contributed by atoms with Crippen molar-refractivity contribution in [2.45, 2.75) is 58.4 Å². The van der Waals surface area contributed by atoms with Gasteiger partial charge in [0, 0.05) is 6.54 Å². The molecular formula is C14H26N2O3. The summed E-state index contributed by atoms with van der Waals surface area (Å²) in [6.07, 6.45) is 5.36. The van der Waals surface area contributed by atoms with Gasteiger partial charge in [-0.25, -0.2) is 4.79 Å². The van der Waals surface area contributed by atoms with Crippen LogP contribution in [0.1, 0.15) is 52.4 Å². The molecule has 0 saturated heterocycles. The molecule has 0 spiro atoms.